The molecule has 0 fully saturated rings. The Morgan fingerprint density at radius 3 is 2.26 bits per heavy atom. The summed E-state index contributed by atoms with van der Waals surface area (Å²) in [4.78, 5) is 23.4. The molecule has 0 aromatic heterocycles. The standard InChI is InChI=1S/C21H35N3O3/c1-5-6-7-8-13-23-14-15-24-19(25)17-11-9-16(10-12-17)18(21(2,3)4)27-20(22)26/h9-12,18,23H,5-8,13-15H2,1-4H3,(H2,22,26)(H,24,25). The van der Waals surface area contributed by atoms with E-state index in [1.54, 1.807) is 24.3 Å². The molecule has 6 nitrogen and oxygen atoms in total. The highest BCUT2D eigenvalue weighted by molar-refractivity contribution is 5.94. The molecule has 0 heterocycles. The smallest absolute Gasteiger partial charge is 0.405 e. The van der Waals surface area contributed by atoms with Gasteiger partial charge in [0.25, 0.3) is 5.91 Å². The first-order valence-corrected chi connectivity index (χ1v) is 9.80. The van der Waals surface area contributed by atoms with Crippen LogP contribution < -0.4 is 16.4 Å². The summed E-state index contributed by atoms with van der Waals surface area (Å²) in [6.45, 7) is 10.4. The van der Waals surface area contributed by atoms with Crippen molar-refractivity contribution >= 4 is 12.0 Å². The SMILES string of the molecule is CCCCCCNCCNC(=O)c1ccc(C(OC(N)=O)C(C)(C)C)cc1. The van der Waals surface area contributed by atoms with Crippen LogP contribution in [-0.4, -0.2) is 31.6 Å². The number of nitrogens with one attached hydrogen (secondary N) is 2. The van der Waals surface area contributed by atoms with Crippen LogP contribution in [0.1, 0.15) is 75.4 Å². The number of hydrogen-bond acceptors (Lipinski definition) is 4. The van der Waals surface area contributed by atoms with E-state index < -0.39 is 12.2 Å². The minimum absolute atomic E-state index is 0.113. The maximum absolute atomic E-state index is 12.2. The molecule has 0 aliphatic carbocycles. The van der Waals surface area contributed by atoms with Crippen LogP contribution in [0.5, 0.6) is 0 Å². The lowest BCUT2D eigenvalue weighted by Crippen LogP contribution is -2.32. The van der Waals surface area contributed by atoms with Crippen molar-refractivity contribution in [3.05, 3.63) is 35.4 Å². The summed E-state index contributed by atoms with van der Waals surface area (Å²) >= 11 is 0. The van der Waals surface area contributed by atoms with Crippen LogP contribution in [0.15, 0.2) is 24.3 Å². The van der Waals surface area contributed by atoms with Crippen LogP contribution >= 0.6 is 0 Å². The normalized spacial score (nSPS) is 12.4. The summed E-state index contributed by atoms with van der Waals surface area (Å²) in [5.41, 5.74) is 6.27. The molecule has 6 heteroatoms. The van der Waals surface area contributed by atoms with Gasteiger partial charge >= 0.3 is 6.09 Å². The first-order chi connectivity index (χ1) is 12.8. The molecule has 0 spiro atoms. The van der Waals surface area contributed by atoms with E-state index in [4.69, 9.17) is 10.5 Å². The van der Waals surface area contributed by atoms with Crippen molar-refractivity contribution in [2.75, 3.05) is 19.6 Å². The minimum Gasteiger partial charge on any atom is -0.441 e. The predicted octanol–water partition coefficient (Wildman–Crippen LogP) is 3.77. The number of benzene rings is 1. The fourth-order valence-corrected chi connectivity index (χ4v) is 2.84. The van der Waals surface area contributed by atoms with Gasteiger partial charge in [-0.15, -0.1) is 0 Å². The number of carbonyl (C=O) groups is 2. The van der Waals surface area contributed by atoms with Gasteiger partial charge in [-0.2, -0.15) is 0 Å². The third-order valence-corrected chi connectivity index (χ3v) is 4.29. The lowest BCUT2D eigenvalue weighted by atomic mass is 9.84. The highest BCUT2D eigenvalue weighted by Gasteiger charge is 2.29. The molecule has 4 N–H and O–H groups in total. The van der Waals surface area contributed by atoms with Gasteiger partial charge in [0.2, 0.25) is 0 Å². The molecule has 1 unspecified atom stereocenters. The number of ether oxygens (including phenoxy) is 1. The van der Waals surface area contributed by atoms with Crippen molar-refractivity contribution in [1.29, 1.82) is 0 Å². The Morgan fingerprint density at radius 1 is 1.04 bits per heavy atom. The summed E-state index contributed by atoms with van der Waals surface area (Å²) in [6.07, 6.45) is 3.65. The van der Waals surface area contributed by atoms with Gasteiger partial charge in [0.1, 0.15) is 6.10 Å². The number of carbonyl (C=O) groups excluding carboxylic acids is 2. The molecular weight excluding hydrogens is 342 g/mol. The third kappa shape index (κ3) is 8.91. The number of rotatable bonds is 11. The molecule has 2 amide bonds. The number of amides is 2. The zero-order valence-corrected chi connectivity index (χ0v) is 17.1. The average Bonchev–Trinajstić information content (AvgIpc) is 2.61. The van der Waals surface area contributed by atoms with Crippen molar-refractivity contribution in [2.24, 2.45) is 11.1 Å². The zero-order valence-electron chi connectivity index (χ0n) is 17.1. The van der Waals surface area contributed by atoms with Gasteiger partial charge in [0, 0.05) is 24.1 Å². The lowest BCUT2D eigenvalue weighted by Gasteiger charge is -2.30. The van der Waals surface area contributed by atoms with Crippen LogP contribution in [0.3, 0.4) is 0 Å². The van der Waals surface area contributed by atoms with Crippen molar-refractivity contribution in [1.82, 2.24) is 10.6 Å². The van der Waals surface area contributed by atoms with E-state index in [-0.39, 0.29) is 11.3 Å². The van der Waals surface area contributed by atoms with Crippen molar-refractivity contribution in [3.8, 4) is 0 Å². The molecule has 1 aromatic rings. The summed E-state index contributed by atoms with van der Waals surface area (Å²) < 4.78 is 5.26. The number of hydrogen-bond donors (Lipinski definition) is 3. The van der Waals surface area contributed by atoms with Crippen LogP contribution in [0.25, 0.3) is 0 Å². The highest BCUT2D eigenvalue weighted by atomic mass is 16.6. The van der Waals surface area contributed by atoms with Gasteiger partial charge in [-0.1, -0.05) is 59.1 Å². The predicted molar refractivity (Wildman–Crippen MR) is 109 cm³/mol. The highest BCUT2D eigenvalue weighted by Crippen LogP contribution is 2.36. The van der Waals surface area contributed by atoms with Gasteiger partial charge in [0.05, 0.1) is 0 Å². The fourth-order valence-electron chi connectivity index (χ4n) is 2.84. The second kappa shape index (κ2) is 11.6. The van der Waals surface area contributed by atoms with E-state index in [1.165, 1.54) is 25.7 Å². The van der Waals surface area contributed by atoms with Crippen LogP contribution in [0.2, 0.25) is 0 Å². The van der Waals surface area contributed by atoms with E-state index in [0.717, 1.165) is 18.7 Å². The Labute approximate surface area is 163 Å². The maximum atomic E-state index is 12.2. The van der Waals surface area contributed by atoms with Crippen LogP contribution in [-0.2, 0) is 4.74 Å². The summed E-state index contributed by atoms with van der Waals surface area (Å²) in [5, 5.41) is 6.24. The van der Waals surface area contributed by atoms with E-state index in [0.29, 0.717) is 12.1 Å². The summed E-state index contributed by atoms with van der Waals surface area (Å²) in [6, 6.07) is 7.09. The number of nitrogens with two attached hydrogens (primary N) is 1. The Kier molecular flexibility index (Phi) is 9.86. The van der Waals surface area contributed by atoms with Gasteiger partial charge in [-0.05, 0) is 30.7 Å². The van der Waals surface area contributed by atoms with E-state index in [1.807, 2.05) is 20.8 Å². The van der Waals surface area contributed by atoms with E-state index >= 15 is 0 Å². The average molecular weight is 378 g/mol. The minimum atomic E-state index is -0.807. The van der Waals surface area contributed by atoms with Crippen LogP contribution in [0, 0.1) is 5.41 Å². The first kappa shape index (κ1) is 23.0. The number of primary amides is 1. The van der Waals surface area contributed by atoms with E-state index in [2.05, 4.69) is 17.6 Å². The quantitative estimate of drug-likeness (QED) is 0.512. The van der Waals surface area contributed by atoms with Crippen LogP contribution in [0.4, 0.5) is 4.79 Å². The Bertz CT molecular complexity index is 579. The van der Waals surface area contributed by atoms with Gasteiger partial charge < -0.3 is 21.1 Å². The second-order valence-electron chi connectivity index (χ2n) is 7.87. The monoisotopic (exact) mass is 377 g/mol. The molecule has 1 atom stereocenters. The largest absolute Gasteiger partial charge is 0.441 e. The van der Waals surface area contributed by atoms with Gasteiger partial charge in [-0.25, -0.2) is 4.79 Å². The molecule has 0 radical (unpaired) electrons. The molecule has 1 rings (SSSR count). The second-order valence-corrected chi connectivity index (χ2v) is 7.87. The van der Waals surface area contributed by atoms with Crippen molar-refractivity contribution in [2.45, 2.75) is 59.5 Å². The Hall–Kier alpha value is -2.08. The third-order valence-electron chi connectivity index (χ3n) is 4.29. The number of unbranched alkanes of at least 4 members (excludes halogenated alkanes) is 3. The molecule has 0 aliphatic rings. The lowest BCUT2D eigenvalue weighted by molar-refractivity contribution is 0.0359. The molecule has 0 aliphatic heterocycles. The first-order valence-electron chi connectivity index (χ1n) is 9.80. The van der Waals surface area contributed by atoms with E-state index in [9.17, 15) is 9.59 Å². The maximum Gasteiger partial charge on any atom is 0.405 e. The fraction of sp³-hybridized carbons (Fsp3) is 0.619. The van der Waals surface area contributed by atoms with Crippen molar-refractivity contribution < 1.29 is 14.3 Å². The Morgan fingerprint density at radius 2 is 1.70 bits per heavy atom. The van der Waals surface area contributed by atoms with Crippen molar-refractivity contribution in [3.63, 3.8) is 0 Å². The van der Waals surface area contributed by atoms with Gasteiger partial charge in [0.15, 0.2) is 0 Å². The molecular formula is C21H35N3O3. The zero-order chi connectivity index (χ0) is 20.3. The molecule has 0 saturated carbocycles. The summed E-state index contributed by atoms with van der Waals surface area (Å²) in [7, 11) is 0. The molecule has 1 aromatic carbocycles. The summed E-state index contributed by atoms with van der Waals surface area (Å²) in [5.74, 6) is -0.113. The molecule has 27 heavy (non-hydrogen) atoms. The molecule has 0 saturated heterocycles. The topological polar surface area (TPSA) is 93.4 Å². The Balaban J connectivity index is 2.48. The molecule has 0 bridgehead atoms. The van der Waals surface area contributed by atoms with Gasteiger partial charge in [-0.3, -0.25) is 4.79 Å². The molecule has 152 valence electrons.